The molecule has 2 aliphatic heterocycles. The number of nitrogens with zero attached hydrogens (tertiary/aromatic N) is 2. The summed E-state index contributed by atoms with van der Waals surface area (Å²) in [7, 11) is 0.675. The van der Waals surface area contributed by atoms with E-state index < -0.39 is 36.5 Å². The lowest BCUT2D eigenvalue weighted by atomic mass is 9.78. The van der Waals surface area contributed by atoms with E-state index in [1.54, 1.807) is 17.0 Å². The maximum absolute atomic E-state index is 13.4. The highest BCUT2D eigenvalue weighted by atomic mass is 16.7. The molecular weight excluding hydrogens is 463 g/mol. The number of hydrogen-bond donors (Lipinski definition) is 2. The number of fused-ring (bicyclic) bond motifs is 1. The van der Waals surface area contributed by atoms with Crippen molar-refractivity contribution in [1.82, 2.24) is 20.2 Å². The third-order valence-electron chi connectivity index (χ3n) is 7.52. The maximum atomic E-state index is 13.4. The number of benzene rings is 1. The first kappa shape index (κ1) is 26.2. The van der Waals surface area contributed by atoms with E-state index >= 15 is 0 Å². The van der Waals surface area contributed by atoms with Gasteiger partial charge in [0.15, 0.2) is 0 Å². The number of ether oxygens (including phenoxy) is 1. The van der Waals surface area contributed by atoms with Gasteiger partial charge in [0.2, 0.25) is 5.91 Å². The number of amides is 2. The molecule has 0 bridgehead atoms. The third kappa shape index (κ3) is 4.73. The summed E-state index contributed by atoms with van der Waals surface area (Å²) in [5.74, 6) is 0.0638. The fraction of sp³-hybridized carbons (Fsp3) is 0.600. The van der Waals surface area contributed by atoms with Crippen molar-refractivity contribution in [2.75, 3.05) is 13.7 Å². The quantitative estimate of drug-likeness (QED) is 0.607. The molecule has 194 valence electrons. The molecular formula is C25H35BN4O6. The molecule has 2 aliphatic rings. The number of aromatic nitrogens is 2. The van der Waals surface area contributed by atoms with Crippen LogP contribution in [0.25, 0.3) is 10.9 Å². The predicted octanol–water partition coefficient (Wildman–Crippen LogP) is 2.27. The van der Waals surface area contributed by atoms with Gasteiger partial charge < -0.3 is 29.2 Å². The number of carbonyl (C=O) groups excluding carboxylic acids is 2. The average Bonchev–Trinajstić information content (AvgIpc) is 3.38. The molecule has 0 radical (unpaired) electrons. The summed E-state index contributed by atoms with van der Waals surface area (Å²) in [4.78, 5) is 47.6. The molecule has 0 saturated carbocycles. The van der Waals surface area contributed by atoms with Gasteiger partial charge in [0.05, 0.1) is 35.3 Å². The van der Waals surface area contributed by atoms with Crippen LogP contribution in [0.2, 0.25) is 0 Å². The van der Waals surface area contributed by atoms with E-state index in [1.165, 1.54) is 7.11 Å². The largest absolute Gasteiger partial charge is 0.494 e. The number of carbonyl (C=O) groups is 2. The normalized spacial score (nSPS) is 21.7. The van der Waals surface area contributed by atoms with Crippen molar-refractivity contribution in [3.8, 4) is 0 Å². The Morgan fingerprint density at radius 3 is 2.50 bits per heavy atom. The Kier molecular flexibility index (Phi) is 6.91. The summed E-state index contributed by atoms with van der Waals surface area (Å²) in [5.41, 5.74) is 0.00142. The molecule has 0 aliphatic carbocycles. The third-order valence-corrected chi connectivity index (χ3v) is 7.52. The molecule has 10 nitrogen and oxygen atoms in total. The average molecular weight is 498 g/mol. The molecule has 1 unspecified atom stereocenters. The van der Waals surface area contributed by atoms with Crippen LogP contribution in [0.3, 0.4) is 0 Å². The van der Waals surface area contributed by atoms with Crippen molar-refractivity contribution in [3.63, 3.8) is 0 Å². The highest BCUT2D eigenvalue weighted by Gasteiger charge is 2.51. The molecule has 2 atom stereocenters. The summed E-state index contributed by atoms with van der Waals surface area (Å²) >= 11 is 0. The Hall–Kier alpha value is -2.92. The number of nitrogens with one attached hydrogen (secondary N) is 2. The smallest absolute Gasteiger partial charge is 0.453 e. The Morgan fingerprint density at radius 2 is 1.89 bits per heavy atom. The van der Waals surface area contributed by atoms with Gasteiger partial charge in [-0.05, 0) is 64.1 Å². The van der Waals surface area contributed by atoms with Gasteiger partial charge in [0.1, 0.15) is 11.9 Å². The fourth-order valence-electron chi connectivity index (χ4n) is 4.65. The van der Waals surface area contributed by atoms with Gasteiger partial charge >= 0.3 is 13.2 Å². The molecule has 0 spiro atoms. The molecule has 1 aromatic carbocycles. The van der Waals surface area contributed by atoms with Crippen LogP contribution >= 0.6 is 0 Å². The molecule has 2 saturated heterocycles. The van der Waals surface area contributed by atoms with Crippen molar-refractivity contribution in [3.05, 3.63) is 34.4 Å². The molecule has 36 heavy (non-hydrogen) atoms. The molecule has 2 aromatic rings. The number of alkyl carbamates (subject to hydrolysis) is 1. The molecule has 4 rings (SSSR count). The standard InChI is InChI=1S/C25H35BN4O6/c1-14(2)19(28-23(33)34-7)22(32)30-12-8-9-18(30)20-27-17-11-10-15(13-16(17)21(31)29-20)26-35-24(3,4)25(5,6)36-26/h10-11,13-14,18-19H,8-9,12H2,1-7H3,(H,28,33)(H,27,29,31)/t18?,19-/m0/s1. The lowest BCUT2D eigenvalue weighted by Gasteiger charge is -2.32. The minimum absolute atomic E-state index is 0.144. The summed E-state index contributed by atoms with van der Waals surface area (Å²) in [6.45, 7) is 12.1. The Morgan fingerprint density at radius 1 is 1.22 bits per heavy atom. The van der Waals surface area contributed by atoms with E-state index in [0.29, 0.717) is 29.7 Å². The van der Waals surface area contributed by atoms with Gasteiger partial charge in [-0.15, -0.1) is 0 Å². The van der Waals surface area contributed by atoms with Crippen LogP contribution in [-0.4, -0.2) is 64.9 Å². The summed E-state index contributed by atoms with van der Waals surface area (Å²) in [5, 5.41) is 3.06. The van der Waals surface area contributed by atoms with Crippen LogP contribution < -0.4 is 16.3 Å². The van der Waals surface area contributed by atoms with E-state index in [1.807, 2.05) is 47.6 Å². The monoisotopic (exact) mass is 498 g/mol. The summed E-state index contributed by atoms with van der Waals surface area (Å²) in [6.07, 6.45) is 0.768. The van der Waals surface area contributed by atoms with Crippen LogP contribution in [0.4, 0.5) is 4.79 Å². The lowest BCUT2D eigenvalue weighted by Crippen LogP contribution is -2.51. The van der Waals surface area contributed by atoms with Gasteiger partial charge in [-0.25, -0.2) is 9.78 Å². The van der Waals surface area contributed by atoms with E-state index in [-0.39, 0.29) is 17.4 Å². The molecule has 2 fully saturated rings. The zero-order valence-corrected chi connectivity index (χ0v) is 22.0. The summed E-state index contributed by atoms with van der Waals surface area (Å²) < 4.78 is 16.9. The second-order valence-corrected chi connectivity index (χ2v) is 10.9. The van der Waals surface area contributed by atoms with Crippen molar-refractivity contribution >= 4 is 35.5 Å². The van der Waals surface area contributed by atoms with E-state index in [4.69, 9.17) is 14.3 Å². The van der Waals surface area contributed by atoms with Crippen LogP contribution in [-0.2, 0) is 18.8 Å². The van der Waals surface area contributed by atoms with Crippen LogP contribution in [0.15, 0.2) is 23.0 Å². The molecule has 2 N–H and O–H groups in total. The van der Waals surface area contributed by atoms with E-state index in [9.17, 15) is 14.4 Å². The first-order valence-corrected chi connectivity index (χ1v) is 12.4. The van der Waals surface area contributed by atoms with Crippen molar-refractivity contribution in [2.24, 2.45) is 5.92 Å². The second kappa shape index (κ2) is 9.51. The topological polar surface area (TPSA) is 123 Å². The Bertz CT molecular complexity index is 1210. The highest BCUT2D eigenvalue weighted by Crippen LogP contribution is 2.36. The van der Waals surface area contributed by atoms with Gasteiger partial charge in [0, 0.05) is 6.54 Å². The van der Waals surface area contributed by atoms with Crippen molar-refractivity contribution in [1.29, 1.82) is 0 Å². The number of H-pyrrole nitrogens is 1. The molecule has 1 aromatic heterocycles. The maximum Gasteiger partial charge on any atom is 0.494 e. The van der Waals surface area contributed by atoms with E-state index in [2.05, 4.69) is 15.0 Å². The highest BCUT2D eigenvalue weighted by molar-refractivity contribution is 6.62. The molecule has 11 heteroatoms. The van der Waals surface area contributed by atoms with Gasteiger partial charge in [-0.1, -0.05) is 19.9 Å². The fourth-order valence-corrected chi connectivity index (χ4v) is 4.65. The minimum atomic E-state index is -0.743. The van der Waals surface area contributed by atoms with Crippen LogP contribution in [0.5, 0.6) is 0 Å². The van der Waals surface area contributed by atoms with E-state index in [0.717, 1.165) is 11.9 Å². The molecule has 2 amide bonds. The SMILES string of the molecule is COC(=O)N[C@H](C(=O)N1CCCC1c1nc2ccc(B3OC(C)(C)C(C)(C)O3)cc2c(=O)[nH]1)C(C)C. The first-order valence-electron chi connectivity index (χ1n) is 12.4. The molecule has 3 heterocycles. The Balaban J connectivity index is 1.62. The number of methoxy groups -OCH3 is 1. The second-order valence-electron chi connectivity index (χ2n) is 10.9. The van der Waals surface area contributed by atoms with Gasteiger partial charge in [-0.2, -0.15) is 0 Å². The van der Waals surface area contributed by atoms with Crippen molar-refractivity contribution < 1.29 is 23.6 Å². The summed E-state index contributed by atoms with van der Waals surface area (Å²) in [6, 6.07) is 4.25. The number of hydrogen-bond acceptors (Lipinski definition) is 7. The minimum Gasteiger partial charge on any atom is -0.453 e. The Labute approximate surface area is 211 Å². The zero-order valence-electron chi connectivity index (χ0n) is 22.0. The lowest BCUT2D eigenvalue weighted by molar-refractivity contribution is -0.135. The van der Waals surface area contributed by atoms with Crippen LogP contribution in [0, 0.1) is 5.92 Å². The predicted molar refractivity (Wildman–Crippen MR) is 136 cm³/mol. The number of aromatic amines is 1. The van der Waals surface area contributed by atoms with Gasteiger partial charge in [0.25, 0.3) is 5.56 Å². The number of rotatable bonds is 5. The first-order chi connectivity index (χ1) is 16.8. The van der Waals surface area contributed by atoms with Crippen LogP contribution in [0.1, 0.15) is 66.3 Å². The zero-order chi connectivity index (χ0) is 26.4. The number of likely N-dealkylation sites (tertiary alicyclic amines) is 1. The van der Waals surface area contributed by atoms with Crippen molar-refractivity contribution in [2.45, 2.75) is 77.7 Å². The van der Waals surface area contributed by atoms with Gasteiger partial charge in [-0.3, -0.25) is 9.59 Å².